The van der Waals surface area contributed by atoms with Crippen molar-refractivity contribution in [1.29, 1.82) is 0 Å². The number of thiol groups is 1. The quantitative estimate of drug-likeness (QED) is 0.452. The van der Waals surface area contributed by atoms with Crippen LogP contribution in [0.5, 0.6) is 0 Å². The van der Waals surface area contributed by atoms with Crippen molar-refractivity contribution in [3.05, 3.63) is 0 Å². The molecule has 0 aromatic rings. The van der Waals surface area contributed by atoms with Crippen LogP contribution in [0.4, 0.5) is 0 Å². The van der Waals surface area contributed by atoms with E-state index in [1.54, 1.807) is 13.8 Å². The summed E-state index contributed by atoms with van der Waals surface area (Å²) in [7, 11) is 0. The molecular weight excluding hydrogens is 150 g/mol. The third kappa shape index (κ3) is 3.50. The van der Waals surface area contributed by atoms with Gasteiger partial charge in [0.1, 0.15) is 0 Å². The first-order valence-electron chi connectivity index (χ1n) is 3.02. The smallest absolute Gasteiger partial charge is 0.288 e. The van der Waals surface area contributed by atoms with Gasteiger partial charge in [0.25, 0.3) is 5.91 Å². The molecule has 0 spiro atoms. The van der Waals surface area contributed by atoms with Crippen molar-refractivity contribution >= 4 is 24.3 Å². The number of carbonyl (C=O) groups is 2. The first-order valence-corrected chi connectivity index (χ1v) is 3.65. The van der Waals surface area contributed by atoms with Crippen molar-refractivity contribution in [1.82, 2.24) is 5.32 Å². The topological polar surface area (TPSA) is 46.2 Å². The lowest BCUT2D eigenvalue weighted by Gasteiger charge is -2.04. The van der Waals surface area contributed by atoms with Crippen molar-refractivity contribution in [2.75, 3.05) is 5.75 Å². The largest absolute Gasteiger partial charge is 0.347 e. The van der Waals surface area contributed by atoms with E-state index in [1.807, 2.05) is 0 Å². The zero-order valence-electron chi connectivity index (χ0n) is 6.05. The van der Waals surface area contributed by atoms with E-state index < -0.39 is 11.7 Å². The Kier molecular flexibility index (Phi) is 4.11. The molecule has 0 aliphatic heterocycles. The van der Waals surface area contributed by atoms with Crippen molar-refractivity contribution < 1.29 is 9.59 Å². The van der Waals surface area contributed by atoms with Gasteiger partial charge in [0.2, 0.25) is 5.78 Å². The number of amides is 1. The van der Waals surface area contributed by atoms with Gasteiger partial charge < -0.3 is 5.32 Å². The average molecular weight is 161 g/mol. The monoisotopic (exact) mass is 161 g/mol. The van der Waals surface area contributed by atoms with Crippen molar-refractivity contribution in [2.45, 2.75) is 19.9 Å². The van der Waals surface area contributed by atoms with E-state index in [9.17, 15) is 9.59 Å². The molecule has 4 heteroatoms. The maximum atomic E-state index is 10.7. The summed E-state index contributed by atoms with van der Waals surface area (Å²) in [5.74, 6) is -1.07. The van der Waals surface area contributed by atoms with Crippen LogP contribution >= 0.6 is 12.6 Å². The molecular formula is C6H11NO2S. The highest BCUT2D eigenvalue weighted by Gasteiger charge is 2.10. The molecule has 0 heterocycles. The van der Waals surface area contributed by atoms with Gasteiger partial charge in [-0.25, -0.2) is 0 Å². The van der Waals surface area contributed by atoms with Gasteiger partial charge in [-0.2, -0.15) is 12.6 Å². The second-order valence-corrected chi connectivity index (χ2v) is 2.53. The first-order chi connectivity index (χ1) is 4.57. The van der Waals surface area contributed by atoms with Crippen LogP contribution in [-0.2, 0) is 9.59 Å². The fraction of sp³-hybridized carbons (Fsp3) is 0.667. The van der Waals surface area contributed by atoms with Crippen LogP contribution in [0.3, 0.4) is 0 Å². The minimum Gasteiger partial charge on any atom is -0.347 e. The van der Waals surface area contributed by atoms with Crippen molar-refractivity contribution in [3.63, 3.8) is 0 Å². The summed E-state index contributed by atoms with van der Waals surface area (Å²) < 4.78 is 0. The van der Waals surface area contributed by atoms with Gasteiger partial charge in [-0.15, -0.1) is 0 Å². The molecule has 0 fully saturated rings. The number of Topliss-reactive ketones (excluding diaryl/α,β-unsaturated/α-hetero) is 1. The van der Waals surface area contributed by atoms with E-state index in [-0.39, 0.29) is 11.8 Å². The van der Waals surface area contributed by atoms with Gasteiger partial charge in [0, 0.05) is 6.04 Å². The van der Waals surface area contributed by atoms with Crippen molar-refractivity contribution in [3.8, 4) is 0 Å². The summed E-state index contributed by atoms with van der Waals surface area (Å²) in [5, 5.41) is 2.46. The molecule has 10 heavy (non-hydrogen) atoms. The van der Waals surface area contributed by atoms with E-state index in [2.05, 4.69) is 17.9 Å². The Morgan fingerprint density at radius 2 is 2.00 bits per heavy atom. The molecule has 0 bridgehead atoms. The number of rotatable bonds is 3. The molecule has 0 rings (SSSR count). The number of carbonyl (C=O) groups excluding carboxylic acids is 2. The van der Waals surface area contributed by atoms with Crippen LogP contribution in [0.25, 0.3) is 0 Å². The zero-order valence-corrected chi connectivity index (χ0v) is 6.94. The molecule has 0 aromatic heterocycles. The highest BCUT2D eigenvalue weighted by atomic mass is 32.1. The molecule has 0 saturated heterocycles. The maximum absolute atomic E-state index is 10.7. The normalized spacial score (nSPS) is 9.60. The lowest BCUT2D eigenvalue weighted by Crippen LogP contribution is -2.36. The molecule has 0 aliphatic carbocycles. The van der Waals surface area contributed by atoms with Crippen LogP contribution in [0, 0.1) is 0 Å². The molecule has 0 aliphatic rings. The molecule has 58 valence electrons. The second-order valence-electron chi connectivity index (χ2n) is 2.21. The third-order valence-corrected chi connectivity index (χ3v) is 1.10. The molecule has 1 N–H and O–H groups in total. The lowest BCUT2D eigenvalue weighted by molar-refractivity contribution is -0.136. The Bertz CT molecular complexity index is 145. The van der Waals surface area contributed by atoms with E-state index >= 15 is 0 Å². The zero-order chi connectivity index (χ0) is 8.15. The Hall–Kier alpha value is -0.510. The molecule has 0 unspecified atom stereocenters. The van der Waals surface area contributed by atoms with Gasteiger partial charge in [-0.1, -0.05) is 0 Å². The molecule has 0 radical (unpaired) electrons. The van der Waals surface area contributed by atoms with Gasteiger partial charge in [0.05, 0.1) is 5.75 Å². The van der Waals surface area contributed by atoms with E-state index in [0.717, 1.165) is 0 Å². The molecule has 1 amide bonds. The standard InChI is InChI=1S/C6H11NO2S/c1-4(2)7-6(9)5(8)3-10/h4,10H,3H2,1-2H3,(H,7,9). The highest BCUT2D eigenvalue weighted by molar-refractivity contribution is 7.81. The summed E-state index contributed by atoms with van der Waals surface area (Å²) >= 11 is 3.67. The fourth-order valence-electron chi connectivity index (χ4n) is 0.414. The Labute approximate surface area is 65.6 Å². The van der Waals surface area contributed by atoms with E-state index in [4.69, 9.17) is 0 Å². The van der Waals surface area contributed by atoms with Gasteiger partial charge in [-0.3, -0.25) is 9.59 Å². The van der Waals surface area contributed by atoms with Crippen LogP contribution < -0.4 is 5.32 Å². The number of ketones is 1. The van der Waals surface area contributed by atoms with Crippen molar-refractivity contribution in [2.24, 2.45) is 0 Å². The number of nitrogens with one attached hydrogen (secondary N) is 1. The van der Waals surface area contributed by atoms with E-state index in [0.29, 0.717) is 0 Å². The van der Waals surface area contributed by atoms with Crippen LogP contribution in [-0.4, -0.2) is 23.5 Å². The van der Waals surface area contributed by atoms with E-state index in [1.165, 1.54) is 0 Å². The minimum atomic E-state index is -0.551. The third-order valence-electron chi connectivity index (χ3n) is 0.817. The Morgan fingerprint density at radius 3 is 2.30 bits per heavy atom. The summed E-state index contributed by atoms with van der Waals surface area (Å²) in [4.78, 5) is 21.2. The van der Waals surface area contributed by atoms with Crippen LogP contribution in [0.15, 0.2) is 0 Å². The fourth-order valence-corrected chi connectivity index (χ4v) is 0.558. The Morgan fingerprint density at radius 1 is 1.50 bits per heavy atom. The summed E-state index contributed by atoms with van der Waals surface area (Å²) in [6.45, 7) is 3.59. The summed E-state index contributed by atoms with van der Waals surface area (Å²) in [5.41, 5.74) is 0. The molecule has 0 aromatic carbocycles. The van der Waals surface area contributed by atoms with Gasteiger partial charge >= 0.3 is 0 Å². The minimum absolute atomic E-state index is 0.0105. The van der Waals surface area contributed by atoms with Crippen LogP contribution in [0.2, 0.25) is 0 Å². The SMILES string of the molecule is CC(C)NC(=O)C(=O)CS. The predicted octanol–water partition coefficient (Wildman–Crippen LogP) is 0.00990. The van der Waals surface area contributed by atoms with Crippen LogP contribution in [0.1, 0.15) is 13.8 Å². The predicted molar refractivity (Wildman–Crippen MR) is 42.1 cm³/mol. The highest BCUT2D eigenvalue weighted by Crippen LogP contribution is 1.81. The Balaban J connectivity index is 3.74. The second kappa shape index (κ2) is 4.33. The maximum Gasteiger partial charge on any atom is 0.288 e. The number of hydrogen-bond acceptors (Lipinski definition) is 3. The van der Waals surface area contributed by atoms with Gasteiger partial charge in [0.15, 0.2) is 0 Å². The molecule has 0 saturated carbocycles. The molecule has 0 atom stereocenters. The number of hydrogen-bond donors (Lipinski definition) is 2. The summed E-state index contributed by atoms with van der Waals surface area (Å²) in [6, 6.07) is 0.0105. The molecule has 3 nitrogen and oxygen atoms in total. The van der Waals surface area contributed by atoms with Gasteiger partial charge in [-0.05, 0) is 13.8 Å². The lowest BCUT2D eigenvalue weighted by atomic mass is 10.3. The average Bonchev–Trinajstić information content (AvgIpc) is 1.85. The first kappa shape index (κ1) is 9.49. The summed E-state index contributed by atoms with van der Waals surface area (Å²) in [6.07, 6.45) is 0.